The Morgan fingerprint density at radius 3 is 2.11 bits per heavy atom. The SMILES string of the molecule is CC(C)(C)CC(=O)NCc1ccc(CC(=O)O)cc1. The third kappa shape index (κ3) is 6.60. The van der Waals surface area contributed by atoms with Crippen LogP contribution in [0.25, 0.3) is 0 Å². The predicted octanol–water partition coefficient (Wildman–Crippen LogP) is 2.37. The molecule has 0 spiro atoms. The Balaban J connectivity index is 2.46. The van der Waals surface area contributed by atoms with Gasteiger partial charge in [0.2, 0.25) is 5.91 Å². The van der Waals surface area contributed by atoms with Gasteiger partial charge in [-0.2, -0.15) is 0 Å². The van der Waals surface area contributed by atoms with Crippen LogP contribution in [0.1, 0.15) is 38.3 Å². The van der Waals surface area contributed by atoms with Crippen molar-refractivity contribution in [2.45, 2.75) is 40.2 Å². The van der Waals surface area contributed by atoms with E-state index in [4.69, 9.17) is 5.11 Å². The average molecular weight is 263 g/mol. The van der Waals surface area contributed by atoms with E-state index in [0.29, 0.717) is 13.0 Å². The van der Waals surface area contributed by atoms with Crippen LogP contribution in [-0.4, -0.2) is 17.0 Å². The molecule has 0 atom stereocenters. The van der Waals surface area contributed by atoms with Crippen molar-refractivity contribution in [2.24, 2.45) is 5.41 Å². The van der Waals surface area contributed by atoms with Crippen molar-refractivity contribution in [1.82, 2.24) is 5.32 Å². The van der Waals surface area contributed by atoms with E-state index in [-0.39, 0.29) is 17.7 Å². The molecule has 0 heterocycles. The topological polar surface area (TPSA) is 66.4 Å². The zero-order chi connectivity index (χ0) is 14.5. The largest absolute Gasteiger partial charge is 0.481 e. The summed E-state index contributed by atoms with van der Waals surface area (Å²) in [7, 11) is 0. The first-order valence-electron chi connectivity index (χ1n) is 6.32. The Morgan fingerprint density at radius 2 is 1.63 bits per heavy atom. The van der Waals surface area contributed by atoms with Gasteiger partial charge in [0.25, 0.3) is 0 Å². The number of aliphatic carboxylic acids is 1. The van der Waals surface area contributed by atoms with Gasteiger partial charge in [-0.1, -0.05) is 45.0 Å². The van der Waals surface area contributed by atoms with E-state index >= 15 is 0 Å². The second kappa shape index (κ2) is 6.36. The molecule has 0 radical (unpaired) electrons. The highest BCUT2D eigenvalue weighted by atomic mass is 16.4. The lowest BCUT2D eigenvalue weighted by molar-refractivity contribution is -0.136. The van der Waals surface area contributed by atoms with E-state index in [9.17, 15) is 9.59 Å². The molecule has 0 saturated carbocycles. The van der Waals surface area contributed by atoms with Gasteiger partial charge in [0, 0.05) is 13.0 Å². The first kappa shape index (κ1) is 15.2. The molecule has 4 nitrogen and oxygen atoms in total. The Morgan fingerprint density at radius 1 is 1.11 bits per heavy atom. The highest BCUT2D eigenvalue weighted by Gasteiger charge is 2.15. The average Bonchev–Trinajstić information content (AvgIpc) is 2.25. The fourth-order valence-corrected chi connectivity index (χ4v) is 1.69. The van der Waals surface area contributed by atoms with Crippen LogP contribution in [0.15, 0.2) is 24.3 Å². The molecule has 1 rings (SSSR count). The van der Waals surface area contributed by atoms with Crippen LogP contribution in [0.3, 0.4) is 0 Å². The lowest BCUT2D eigenvalue weighted by atomic mass is 9.92. The molecule has 1 aromatic carbocycles. The number of nitrogens with one attached hydrogen (secondary N) is 1. The number of carbonyl (C=O) groups is 2. The fraction of sp³-hybridized carbons (Fsp3) is 0.467. The number of rotatable bonds is 5. The molecule has 2 N–H and O–H groups in total. The third-order valence-corrected chi connectivity index (χ3v) is 2.56. The summed E-state index contributed by atoms with van der Waals surface area (Å²) in [5.74, 6) is -0.812. The lowest BCUT2D eigenvalue weighted by Crippen LogP contribution is -2.27. The first-order valence-corrected chi connectivity index (χ1v) is 6.32. The standard InChI is InChI=1S/C15H21NO3/c1-15(2,3)9-13(17)16-10-12-6-4-11(5-7-12)8-14(18)19/h4-7H,8-10H2,1-3H3,(H,16,17)(H,18,19). The van der Waals surface area contributed by atoms with E-state index in [2.05, 4.69) is 5.32 Å². The van der Waals surface area contributed by atoms with E-state index in [1.165, 1.54) is 0 Å². The normalized spacial score (nSPS) is 11.1. The summed E-state index contributed by atoms with van der Waals surface area (Å²) in [5.41, 5.74) is 1.71. The summed E-state index contributed by atoms with van der Waals surface area (Å²) in [6.45, 7) is 6.54. The predicted molar refractivity (Wildman–Crippen MR) is 73.7 cm³/mol. The van der Waals surface area contributed by atoms with E-state index in [1.807, 2.05) is 32.9 Å². The first-order chi connectivity index (χ1) is 8.76. The number of benzene rings is 1. The zero-order valence-corrected chi connectivity index (χ0v) is 11.7. The molecule has 0 fully saturated rings. The van der Waals surface area contributed by atoms with Crippen molar-refractivity contribution in [2.75, 3.05) is 0 Å². The van der Waals surface area contributed by atoms with Crippen molar-refractivity contribution >= 4 is 11.9 Å². The molecule has 4 heteroatoms. The summed E-state index contributed by atoms with van der Waals surface area (Å²) in [6.07, 6.45) is 0.515. The monoisotopic (exact) mass is 263 g/mol. The van der Waals surface area contributed by atoms with E-state index in [1.54, 1.807) is 12.1 Å². The van der Waals surface area contributed by atoms with Gasteiger partial charge >= 0.3 is 5.97 Å². The van der Waals surface area contributed by atoms with E-state index in [0.717, 1.165) is 11.1 Å². The van der Waals surface area contributed by atoms with Gasteiger partial charge in [0.05, 0.1) is 6.42 Å². The van der Waals surface area contributed by atoms with Gasteiger partial charge in [-0.15, -0.1) is 0 Å². The van der Waals surface area contributed by atoms with Crippen molar-refractivity contribution in [3.63, 3.8) is 0 Å². The van der Waals surface area contributed by atoms with Crippen molar-refractivity contribution in [3.05, 3.63) is 35.4 Å². The Kier molecular flexibility index (Phi) is 5.10. The molecule has 0 bridgehead atoms. The van der Waals surface area contributed by atoms with Crippen LogP contribution in [-0.2, 0) is 22.6 Å². The fourth-order valence-electron chi connectivity index (χ4n) is 1.69. The van der Waals surface area contributed by atoms with Crippen molar-refractivity contribution in [3.8, 4) is 0 Å². The highest BCUT2D eigenvalue weighted by molar-refractivity contribution is 5.76. The third-order valence-electron chi connectivity index (χ3n) is 2.56. The Bertz CT molecular complexity index is 443. The van der Waals surface area contributed by atoms with Crippen LogP contribution in [0.5, 0.6) is 0 Å². The van der Waals surface area contributed by atoms with Crippen LogP contribution < -0.4 is 5.32 Å². The molecule has 19 heavy (non-hydrogen) atoms. The number of hydrogen-bond donors (Lipinski definition) is 2. The molecule has 104 valence electrons. The zero-order valence-electron chi connectivity index (χ0n) is 11.7. The molecule has 0 aliphatic rings. The highest BCUT2D eigenvalue weighted by Crippen LogP contribution is 2.17. The molecule has 0 aromatic heterocycles. The maximum atomic E-state index is 11.7. The molecule has 0 aliphatic heterocycles. The lowest BCUT2D eigenvalue weighted by Gasteiger charge is -2.17. The molecule has 1 amide bonds. The minimum atomic E-state index is -0.841. The Labute approximate surface area is 113 Å². The molecule has 0 unspecified atom stereocenters. The molecule has 1 aromatic rings. The Hall–Kier alpha value is -1.84. The summed E-state index contributed by atoms with van der Waals surface area (Å²) in [5, 5.41) is 11.5. The van der Waals surface area contributed by atoms with Gasteiger partial charge in [-0.3, -0.25) is 9.59 Å². The van der Waals surface area contributed by atoms with Gasteiger partial charge in [0.15, 0.2) is 0 Å². The second-order valence-corrected chi connectivity index (χ2v) is 5.90. The smallest absolute Gasteiger partial charge is 0.307 e. The van der Waals surface area contributed by atoms with Gasteiger partial charge in [-0.25, -0.2) is 0 Å². The molecule has 0 saturated heterocycles. The van der Waals surface area contributed by atoms with Crippen molar-refractivity contribution < 1.29 is 14.7 Å². The summed E-state index contributed by atoms with van der Waals surface area (Å²) >= 11 is 0. The van der Waals surface area contributed by atoms with Crippen molar-refractivity contribution in [1.29, 1.82) is 0 Å². The van der Waals surface area contributed by atoms with Crippen LogP contribution in [0.2, 0.25) is 0 Å². The van der Waals surface area contributed by atoms with Crippen LogP contribution in [0.4, 0.5) is 0 Å². The number of hydrogen-bond acceptors (Lipinski definition) is 2. The number of carboxylic acid groups (broad SMARTS) is 1. The molecular formula is C15H21NO3. The van der Waals surface area contributed by atoms with Gasteiger partial charge < -0.3 is 10.4 Å². The maximum Gasteiger partial charge on any atom is 0.307 e. The van der Waals surface area contributed by atoms with Crippen LogP contribution >= 0.6 is 0 Å². The quantitative estimate of drug-likeness (QED) is 0.857. The molecular weight excluding hydrogens is 242 g/mol. The summed E-state index contributed by atoms with van der Waals surface area (Å²) < 4.78 is 0. The minimum Gasteiger partial charge on any atom is -0.481 e. The number of carboxylic acids is 1. The summed E-state index contributed by atoms with van der Waals surface area (Å²) in [6, 6.07) is 7.24. The molecule has 0 aliphatic carbocycles. The van der Waals surface area contributed by atoms with Gasteiger partial charge in [0.1, 0.15) is 0 Å². The second-order valence-electron chi connectivity index (χ2n) is 5.90. The van der Waals surface area contributed by atoms with Gasteiger partial charge in [-0.05, 0) is 16.5 Å². The maximum absolute atomic E-state index is 11.7. The number of carbonyl (C=O) groups excluding carboxylic acids is 1. The minimum absolute atomic E-state index is 0.0184. The number of amides is 1. The van der Waals surface area contributed by atoms with Crippen LogP contribution in [0, 0.1) is 5.41 Å². The van der Waals surface area contributed by atoms with E-state index < -0.39 is 5.97 Å². The summed E-state index contributed by atoms with van der Waals surface area (Å²) in [4.78, 5) is 22.2.